The first-order valence-corrected chi connectivity index (χ1v) is 9.62. The van der Waals surface area contributed by atoms with Crippen molar-refractivity contribution in [3.8, 4) is 5.75 Å². The number of hydrogen-bond donors (Lipinski definition) is 0. The number of anilines is 1. The Morgan fingerprint density at radius 2 is 1.86 bits per heavy atom. The second-order valence-corrected chi connectivity index (χ2v) is 7.49. The number of thiazole rings is 1. The number of ether oxygens (including phenoxy) is 1. The lowest BCUT2D eigenvalue weighted by atomic mass is 10.1. The molecular formula is C21H19N3O3S. The van der Waals surface area contributed by atoms with Gasteiger partial charge in [0.15, 0.2) is 10.6 Å². The van der Waals surface area contributed by atoms with Crippen molar-refractivity contribution in [3.63, 3.8) is 0 Å². The minimum Gasteiger partial charge on any atom is -0.497 e. The van der Waals surface area contributed by atoms with Crippen molar-refractivity contribution < 1.29 is 9.53 Å². The topological polar surface area (TPSA) is 63.9 Å². The van der Waals surface area contributed by atoms with E-state index in [0.717, 1.165) is 21.8 Å². The summed E-state index contributed by atoms with van der Waals surface area (Å²) in [5.41, 5.74) is 2.49. The van der Waals surface area contributed by atoms with E-state index in [1.165, 1.54) is 11.3 Å². The van der Waals surface area contributed by atoms with Crippen LogP contribution in [0.2, 0.25) is 0 Å². The molecule has 28 heavy (non-hydrogen) atoms. The monoisotopic (exact) mass is 393 g/mol. The number of methoxy groups -OCH3 is 1. The van der Waals surface area contributed by atoms with Gasteiger partial charge in [0.25, 0.3) is 5.56 Å². The van der Waals surface area contributed by atoms with Crippen LogP contribution >= 0.6 is 11.3 Å². The maximum atomic E-state index is 12.8. The fraction of sp³-hybridized carbons (Fsp3) is 0.190. The van der Waals surface area contributed by atoms with E-state index in [2.05, 4.69) is 4.99 Å². The van der Waals surface area contributed by atoms with Crippen molar-refractivity contribution in [2.45, 2.75) is 13.6 Å². The highest BCUT2D eigenvalue weighted by Crippen LogP contribution is 2.17. The summed E-state index contributed by atoms with van der Waals surface area (Å²) in [5.74, 6) is 0.811. The minimum absolute atomic E-state index is 0.0323. The molecule has 0 N–H and O–H groups in total. The van der Waals surface area contributed by atoms with Crippen molar-refractivity contribution in [3.05, 3.63) is 79.3 Å². The van der Waals surface area contributed by atoms with Gasteiger partial charge in [-0.05, 0) is 55.0 Å². The van der Waals surface area contributed by atoms with Crippen LogP contribution in [0.1, 0.15) is 22.8 Å². The normalized spacial score (nSPS) is 13.8. The molecule has 1 aliphatic rings. The molecule has 0 radical (unpaired) electrons. The van der Waals surface area contributed by atoms with Gasteiger partial charge in [-0.2, -0.15) is 0 Å². The van der Waals surface area contributed by atoms with E-state index in [1.54, 1.807) is 30.7 Å². The average Bonchev–Trinajstić information content (AvgIpc) is 3.03. The van der Waals surface area contributed by atoms with Gasteiger partial charge < -0.3 is 9.64 Å². The van der Waals surface area contributed by atoms with Crippen LogP contribution in [-0.2, 0) is 6.67 Å². The predicted octanol–water partition coefficient (Wildman–Crippen LogP) is 2.00. The summed E-state index contributed by atoms with van der Waals surface area (Å²) in [7, 11) is 1.62. The first-order valence-electron chi connectivity index (χ1n) is 8.81. The molecule has 0 unspecified atom stereocenters. The minimum atomic E-state index is -0.0513. The number of carbonyl (C=O) groups is 1. The summed E-state index contributed by atoms with van der Waals surface area (Å²) in [6, 6.07) is 14.9. The van der Waals surface area contributed by atoms with E-state index < -0.39 is 0 Å². The van der Waals surface area contributed by atoms with Crippen molar-refractivity contribution in [2.75, 3.05) is 18.7 Å². The van der Waals surface area contributed by atoms with Gasteiger partial charge in [-0.3, -0.25) is 14.2 Å². The van der Waals surface area contributed by atoms with Gasteiger partial charge in [-0.1, -0.05) is 23.5 Å². The molecular weight excluding hydrogens is 374 g/mol. The lowest BCUT2D eigenvalue weighted by Gasteiger charge is -2.25. The highest BCUT2D eigenvalue weighted by atomic mass is 32.1. The summed E-state index contributed by atoms with van der Waals surface area (Å²) < 4.78 is 7.50. The number of benzene rings is 2. The van der Waals surface area contributed by atoms with Crippen LogP contribution in [0, 0.1) is 0 Å². The van der Waals surface area contributed by atoms with Crippen molar-refractivity contribution in [1.29, 1.82) is 0 Å². The smallest absolute Gasteiger partial charge is 0.271 e. The Morgan fingerprint density at radius 3 is 2.50 bits per heavy atom. The van der Waals surface area contributed by atoms with Crippen molar-refractivity contribution in [2.24, 2.45) is 4.99 Å². The third-order valence-corrected chi connectivity index (χ3v) is 5.67. The Balaban J connectivity index is 1.63. The highest BCUT2D eigenvalue weighted by Gasteiger charge is 2.16. The molecule has 142 valence electrons. The van der Waals surface area contributed by atoms with E-state index >= 15 is 0 Å². The van der Waals surface area contributed by atoms with Gasteiger partial charge in [0, 0.05) is 11.3 Å². The van der Waals surface area contributed by atoms with Crippen LogP contribution < -0.4 is 24.5 Å². The van der Waals surface area contributed by atoms with Crippen molar-refractivity contribution in [1.82, 2.24) is 4.57 Å². The molecule has 0 atom stereocenters. The number of rotatable bonds is 4. The molecule has 0 saturated carbocycles. The zero-order valence-electron chi connectivity index (χ0n) is 15.6. The first kappa shape index (κ1) is 18.2. The van der Waals surface area contributed by atoms with Crippen LogP contribution in [-0.4, -0.2) is 24.1 Å². The molecule has 7 heteroatoms. The number of nitrogens with zero attached hydrogens (tertiary/aromatic N) is 3. The molecule has 0 amide bonds. The Hall–Kier alpha value is -3.19. The average molecular weight is 393 g/mol. The van der Waals surface area contributed by atoms with Crippen LogP contribution in [0.5, 0.6) is 5.75 Å². The molecule has 1 aromatic heterocycles. The van der Waals surface area contributed by atoms with E-state index in [1.807, 2.05) is 47.4 Å². The molecule has 0 spiro atoms. The summed E-state index contributed by atoms with van der Waals surface area (Å²) >= 11 is 1.40. The molecule has 1 aliphatic heterocycles. The number of carbonyl (C=O) groups excluding carboxylic acids is 1. The lowest BCUT2D eigenvalue weighted by Crippen LogP contribution is -2.42. The third kappa shape index (κ3) is 3.48. The number of ketones is 1. The molecule has 4 rings (SSSR count). The predicted molar refractivity (Wildman–Crippen MR) is 110 cm³/mol. The molecule has 2 heterocycles. The third-order valence-electron chi connectivity index (χ3n) is 4.63. The van der Waals surface area contributed by atoms with Gasteiger partial charge in [0.05, 0.1) is 11.6 Å². The van der Waals surface area contributed by atoms with Crippen LogP contribution in [0.3, 0.4) is 0 Å². The van der Waals surface area contributed by atoms with Gasteiger partial charge in [0.1, 0.15) is 19.1 Å². The largest absolute Gasteiger partial charge is 0.497 e. The molecule has 3 aromatic rings. The first-order chi connectivity index (χ1) is 13.5. The highest BCUT2D eigenvalue weighted by molar-refractivity contribution is 7.07. The summed E-state index contributed by atoms with van der Waals surface area (Å²) in [6.07, 6.45) is 1.87. The van der Waals surface area contributed by atoms with E-state index in [9.17, 15) is 9.59 Å². The maximum absolute atomic E-state index is 12.8. The molecule has 0 fully saturated rings. The standard InChI is InChI=1S/C21H19N3O3S/c1-14(25)16-5-7-17(8-6-16)23-12-22-21-24(13-23)20(26)19(28-21)11-15-3-9-18(27-2)10-4-15/h3-11H,12-13H2,1-2H3. The fourth-order valence-corrected chi connectivity index (χ4v) is 4.00. The van der Waals surface area contributed by atoms with Crippen LogP contribution in [0.25, 0.3) is 6.08 Å². The molecule has 6 nitrogen and oxygen atoms in total. The molecule has 2 aromatic carbocycles. The summed E-state index contributed by atoms with van der Waals surface area (Å²) in [4.78, 5) is 31.6. The zero-order valence-corrected chi connectivity index (χ0v) is 16.4. The summed E-state index contributed by atoms with van der Waals surface area (Å²) in [5, 5.41) is 0. The van der Waals surface area contributed by atoms with Gasteiger partial charge in [-0.15, -0.1) is 0 Å². The molecule has 0 saturated heterocycles. The second kappa shape index (κ2) is 7.44. The molecule has 0 bridgehead atoms. The number of hydrogen-bond acceptors (Lipinski definition) is 6. The van der Waals surface area contributed by atoms with Crippen molar-refractivity contribution >= 4 is 28.9 Å². The maximum Gasteiger partial charge on any atom is 0.271 e. The number of fused-ring (bicyclic) bond motifs is 1. The number of aromatic nitrogens is 1. The quantitative estimate of drug-likeness (QED) is 0.636. The van der Waals surface area contributed by atoms with Gasteiger partial charge in [0.2, 0.25) is 0 Å². The summed E-state index contributed by atoms with van der Waals surface area (Å²) in [6.45, 7) is 2.45. The Morgan fingerprint density at radius 1 is 1.14 bits per heavy atom. The lowest BCUT2D eigenvalue weighted by molar-refractivity contribution is 0.101. The SMILES string of the molecule is COc1ccc(C=c2sc3n(c2=O)CN(c2ccc(C(C)=O)cc2)CN=3)cc1. The number of Topliss-reactive ketones (excluding diaryl/α,β-unsaturated/α-hetero) is 1. The Bertz CT molecular complexity index is 1190. The van der Waals surface area contributed by atoms with E-state index in [-0.39, 0.29) is 11.3 Å². The Labute approximate surface area is 165 Å². The van der Waals surface area contributed by atoms with E-state index in [4.69, 9.17) is 4.74 Å². The second-order valence-electron chi connectivity index (χ2n) is 6.48. The Kier molecular flexibility index (Phi) is 4.83. The molecule has 0 aliphatic carbocycles. The zero-order chi connectivity index (χ0) is 19.7. The van der Waals surface area contributed by atoms with Gasteiger partial charge >= 0.3 is 0 Å². The fourth-order valence-electron chi connectivity index (χ4n) is 3.03. The van der Waals surface area contributed by atoms with E-state index in [0.29, 0.717) is 23.4 Å². The van der Waals surface area contributed by atoms with Crippen LogP contribution in [0.4, 0.5) is 5.69 Å². The van der Waals surface area contributed by atoms with Crippen LogP contribution in [0.15, 0.2) is 58.3 Å². The van der Waals surface area contributed by atoms with Gasteiger partial charge in [-0.25, -0.2) is 4.99 Å².